The maximum atomic E-state index is 12.4. The van der Waals surface area contributed by atoms with Gasteiger partial charge in [0.25, 0.3) is 5.91 Å². The number of amides is 2. The van der Waals surface area contributed by atoms with Gasteiger partial charge in [0.05, 0.1) is 5.69 Å². The summed E-state index contributed by atoms with van der Waals surface area (Å²) in [7, 11) is 1.74. The van der Waals surface area contributed by atoms with E-state index in [0.29, 0.717) is 23.5 Å². The van der Waals surface area contributed by atoms with Crippen molar-refractivity contribution in [3.8, 4) is 0 Å². The van der Waals surface area contributed by atoms with E-state index in [1.54, 1.807) is 11.9 Å². The Bertz CT molecular complexity index is 738. The molecule has 1 aliphatic heterocycles. The number of benzene rings is 1. The lowest BCUT2D eigenvalue weighted by Gasteiger charge is -2.11. The normalized spacial score (nSPS) is 18.5. The molecule has 2 heterocycles. The van der Waals surface area contributed by atoms with Crippen LogP contribution < -0.4 is 11.1 Å². The third-order valence-electron chi connectivity index (χ3n) is 3.82. The molecule has 1 aromatic carbocycles. The van der Waals surface area contributed by atoms with Crippen molar-refractivity contribution < 1.29 is 9.59 Å². The molecule has 2 aromatic rings. The van der Waals surface area contributed by atoms with Gasteiger partial charge >= 0.3 is 0 Å². The number of hydrogen-bond acceptors (Lipinski definition) is 4. The molecule has 1 saturated heterocycles. The Balaban J connectivity index is 1.88. The number of nitrogens with zero attached hydrogens (tertiary/aromatic N) is 1. The topological polar surface area (TPSA) is 75.4 Å². The van der Waals surface area contributed by atoms with Gasteiger partial charge in [0.1, 0.15) is 10.9 Å². The van der Waals surface area contributed by atoms with Gasteiger partial charge in [-0.1, -0.05) is 12.1 Å². The second-order valence-electron chi connectivity index (χ2n) is 5.42. The van der Waals surface area contributed by atoms with Gasteiger partial charge in [0.2, 0.25) is 5.91 Å². The Kier molecular flexibility index (Phi) is 3.33. The summed E-state index contributed by atoms with van der Waals surface area (Å²) < 4.78 is 0.993. The molecular weight excluding hydrogens is 286 g/mol. The fourth-order valence-corrected chi connectivity index (χ4v) is 3.70. The molecule has 1 atom stereocenters. The molecule has 0 radical (unpaired) electrons. The number of aryl methyl sites for hydroxylation is 1. The molecule has 0 saturated carbocycles. The van der Waals surface area contributed by atoms with Crippen LogP contribution in [0.25, 0.3) is 10.1 Å². The molecule has 3 rings (SSSR count). The smallest absolute Gasteiger partial charge is 0.264 e. The van der Waals surface area contributed by atoms with Crippen LogP contribution in [0.15, 0.2) is 18.2 Å². The summed E-state index contributed by atoms with van der Waals surface area (Å²) in [5, 5.41) is 3.69. The first-order valence-electron chi connectivity index (χ1n) is 6.82. The van der Waals surface area contributed by atoms with Crippen molar-refractivity contribution in [2.45, 2.75) is 19.4 Å². The van der Waals surface area contributed by atoms with Crippen molar-refractivity contribution in [2.75, 3.05) is 19.3 Å². The SMILES string of the molecule is Cc1ccc2c(N)c(C(=O)NC3CCN(C)C3=O)sc2c1. The number of rotatable bonds is 2. The van der Waals surface area contributed by atoms with Gasteiger partial charge < -0.3 is 16.0 Å². The van der Waals surface area contributed by atoms with Gasteiger partial charge in [-0.15, -0.1) is 11.3 Å². The van der Waals surface area contributed by atoms with Gasteiger partial charge in [-0.25, -0.2) is 0 Å². The molecule has 1 fully saturated rings. The van der Waals surface area contributed by atoms with Gasteiger partial charge in [0.15, 0.2) is 0 Å². The third kappa shape index (κ3) is 2.35. The van der Waals surface area contributed by atoms with Crippen molar-refractivity contribution in [3.05, 3.63) is 28.6 Å². The number of carbonyl (C=O) groups excluding carboxylic acids is 2. The fourth-order valence-electron chi connectivity index (χ4n) is 2.57. The van der Waals surface area contributed by atoms with Crippen LogP contribution in [-0.2, 0) is 4.79 Å². The molecular formula is C15H17N3O2S. The molecule has 21 heavy (non-hydrogen) atoms. The van der Waals surface area contributed by atoms with Crippen LogP contribution in [-0.4, -0.2) is 36.3 Å². The van der Waals surface area contributed by atoms with E-state index < -0.39 is 6.04 Å². The van der Waals surface area contributed by atoms with Crippen molar-refractivity contribution in [2.24, 2.45) is 0 Å². The lowest BCUT2D eigenvalue weighted by atomic mass is 10.1. The molecule has 5 nitrogen and oxygen atoms in total. The summed E-state index contributed by atoms with van der Waals surface area (Å²) in [5.41, 5.74) is 7.70. The minimum atomic E-state index is -0.436. The van der Waals surface area contributed by atoms with E-state index in [1.165, 1.54) is 11.3 Å². The van der Waals surface area contributed by atoms with Crippen molar-refractivity contribution in [1.82, 2.24) is 10.2 Å². The largest absolute Gasteiger partial charge is 0.397 e. The van der Waals surface area contributed by atoms with Gasteiger partial charge in [-0.05, 0) is 25.0 Å². The van der Waals surface area contributed by atoms with Crippen LogP contribution in [0.3, 0.4) is 0 Å². The predicted octanol–water partition coefficient (Wildman–Crippen LogP) is 1.75. The van der Waals surface area contributed by atoms with Gasteiger partial charge in [-0.2, -0.15) is 0 Å². The van der Waals surface area contributed by atoms with E-state index >= 15 is 0 Å². The minimum absolute atomic E-state index is 0.0427. The second kappa shape index (κ2) is 5.04. The highest BCUT2D eigenvalue weighted by atomic mass is 32.1. The average Bonchev–Trinajstić information content (AvgIpc) is 2.93. The summed E-state index contributed by atoms with van der Waals surface area (Å²) in [5.74, 6) is -0.307. The van der Waals surface area contributed by atoms with Crippen LogP contribution in [0.1, 0.15) is 21.7 Å². The number of likely N-dealkylation sites (tertiary alicyclic amines) is 1. The third-order valence-corrected chi connectivity index (χ3v) is 4.99. The molecule has 3 N–H and O–H groups in total. The van der Waals surface area contributed by atoms with E-state index in [-0.39, 0.29) is 11.8 Å². The van der Waals surface area contributed by atoms with E-state index in [1.807, 2.05) is 25.1 Å². The van der Waals surface area contributed by atoms with E-state index in [2.05, 4.69) is 5.32 Å². The number of nitrogens with two attached hydrogens (primary N) is 1. The first-order valence-corrected chi connectivity index (χ1v) is 7.63. The zero-order chi connectivity index (χ0) is 15.1. The molecule has 1 unspecified atom stereocenters. The second-order valence-corrected chi connectivity index (χ2v) is 6.47. The van der Waals surface area contributed by atoms with E-state index in [9.17, 15) is 9.59 Å². The van der Waals surface area contributed by atoms with Crippen LogP contribution in [0.5, 0.6) is 0 Å². The first-order chi connectivity index (χ1) is 9.97. The number of hydrogen-bond donors (Lipinski definition) is 2. The number of nitrogens with one attached hydrogen (secondary N) is 1. The zero-order valence-electron chi connectivity index (χ0n) is 12.0. The minimum Gasteiger partial charge on any atom is -0.397 e. The highest BCUT2D eigenvalue weighted by Gasteiger charge is 2.31. The lowest BCUT2D eigenvalue weighted by Crippen LogP contribution is -2.40. The van der Waals surface area contributed by atoms with E-state index in [0.717, 1.165) is 15.6 Å². The van der Waals surface area contributed by atoms with Crippen molar-refractivity contribution >= 4 is 38.9 Å². The number of carbonyl (C=O) groups is 2. The molecule has 0 bridgehead atoms. The average molecular weight is 303 g/mol. The van der Waals surface area contributed by atoms with Crippen molar-refractivity contribution in [1.29, 1.82) is 0 Å². The number of likely N-dealkylation sites (N-methyl/N-ethyl adjacent to an activating group) is 1. The monoisotopic (exact) mass is 303 g/mol. The standard InChI is InChI=1S/C15H17N3O2S/c1-8-3-4-9-11(7-8)21-13(12(9)16)14(19)17-10-5-6-18(2)15(10)20/h3-4,7,10H,5-6,16H2,1-2H3,(H,17,19). The molecule has 110 valence electrons. The van der Waals surface area contributed by atoms with Crippen LogP contribution in [0.4, 0.5) is 5.69 Å². The Hall–Kier alpha value is -2.08. The highest BCUT2D eigenvalue weighted by molar-refractivity contribution is 7.21. The van der Waals surface area contributed by atoms with E-state index in [4.69, 9.17) is 5.73 Å². The lowest BCUT2D eigenvalue weighted by molar-refractivity contribution is -0.128. The van der Waals surface area contributed by atoms with Crippen LogP contribution >= 0.6 is 11.3 Å². The first kappa shape index (κ1) is 13.9. The molecule has 1 aromatic heterocycles. The summed E-state index contributed by atoms with van der Waals surface area (Å²) in [6.45, 7) is 2.67. The predicted molar refractivity (Wildman–Crippen MR) is 84.5 cm³/mol. The fraction of sp³-hybridized carbons (Fsp3) is 0.333. The summed E-state index contributed by atoms with van der Waals surface area (Å²) in [6.07, 6.45) is 0.644. The highest BCUT2D eigenvalue weighted by Crippen LogP contribution is 2.34. The molecule has 2 amide bonds. The number of nitrogen functional groups attached to an aromatic ring is 1. The summed E-state index contributed by atoms with van der Waals surface area (Å²) in [6, 6.07) is 5.49. The van der Waals surface area contributed by atoms with Crippen LogP contribution in [0.2, 0.25) is 0 Å². The number of anilines is 1. The quantitative estimate of drug-likeness (QED) is 0.887. The number of thiophene rings is 1. The Morgan fingerprint density at radius 1 is 1.48 bits per heavy atom. The number of fused-ring (bicyclic) bond motifs is 1. The Morgan fingerprint density at radius 3 is 2.90 bits per heavy atom. The molecule has 0 spiro atoms. The van der Waals surface area contributed by atoms with Gasteiger partial charge in [0, 0.05) is 23.7 Å². The maximum absolute atomic E-state index is 12.4. The summed E-state index contributed by atoms with van der Waals surface area (Å²) in [4.78, 5) is 26.3. The molecule has 0 aliphatic carbocycles. The van der Waals surface area contributed by atoms with Crippen molar-refractivity contribution in [3.63, 3.8) is 0 Å². The zero-order valence-corrected chi connectivity index (χ0v) is 12.8. The summed E-state index contributed by atoms with van der Waals surface area (Å²) >= 11 is 1.37. The molecule has 6 heteroatoms. The van der Waals surface area contributed by atoms with Crippen LogP contribution in [0, 0.1) is 6.92 Å². The molecule has 1 aliphatic rings. The van der Waals surface area contributed by atoms with Gasteiger partial charge in [-0.3, -0.25) is 9.59 Å². The maximum Gasteiger partial charge on any atom is 0.264 e. The Labute approximate surface area is 126 Å². The Morgan fingerprint density at radius 2 is 2.24 bits per heavy atom.